The van der Waals surface area contributed by atoms with Crippen molar-refractivity contribution in [3.63, 3.8) is 0 Å². The smallest absolute Gasteiger partial charge is 0.333 e. The molecule has 28 heavy (non-hydrogen) atoms. The maximum atomic E-state index is 12.8. The minimum Gasteiger partial charge on any atom is -0.333 e. The van der Waals surface area contributed by atoms with Crippen LogP contribution in [0.4, 0.5) is 8.78 Å². The molecule has 6 nitrogen and oxygen atoms in total. The summed E-state index contributed by atoms with van der Waals surface area (Å²) in [5.74, 6) is -3.58. The lowest BCUT2D eigenvalue weighted by Gasteiger charge is -2.36. The molecule has 1 unspecified atom stereocenters. The predicted molar refractivity (Wildman–Crippen MR) is 102 cm³/mol. The number of pyridine rings is 1. The van der Waals surface area contributed by atoms with Gasteiger partial charge in [0.25, 0.3) is 0 Å². The summed E-state index contributed by atoms with van der Waals surface area (Å²) in [6, 6.07) is 8.60. The number of nitrogens with one attached hydrogen (secondary N) is 1. The number of aromatic nitrogens is 1. The van der Waals surface area contributed by atoms with Gasteiger partial charge in [0, 0.05) is 32.0 Å². The molecule has 0 bridgehead atoms. The summed E-state index contributed by atoms with van der Waals surface area (Å²) >= 11 is 0. The van der Waals surface area contributed by atoms with E-state index in [1.807, 2.05) is 12.1 Å². The average molecular weight is 432 g/mol. The summed E-state index contributed by atoms with van der Waals surface area (Å²) < 4.78 is 48.1. The maximum absolute atomic E-state index is 12.8. The third-order valence-electron chi connectivity index (χ3n) is 4.47. The first-order valence-corrected chi connectivity index (χ1v) is 9.95. The van der Waals surface area contributed by atoms with E-state index in [0.29, 0.717) is 25.2 Å². The number of carbonyl (C=O) groups excluding carboxylic acids is 1. The van der Waals surface area contributed by atoms with E-state index < -0.39 is 20.5 Å². The fourth-order valence-corrected chi connectivity index (χ4v) is 3.77. The van der Waals surface area contributed by atoms with E-state index >= 15 is 0 Å². The van der Waals surface area contributed by atoms with Gasteiger partial charge in [0.2, 0.25) is 15.7 Å². The zero-order chi connectivity index (χ0) is 19.4. The highest BCUT2D eigenvalue weighted by atomic mass is 35.5. The van der Waals surface area contributed by atoms with Crippen molar-refractivity contribution in [3.8, 4) is 0 Å². The van der Waals surface area contributed by atoms with Crippen LogP contribution in [0.1, 0.15) is 17.2 Å². The van der Waals surface area contributed by atoms with Crippen molar-refractivity contribution in [2.24, 2.45) is 0 Å². The Morgan fingerprint density at radius 3 is 2.57 bits per heavy atom. The lowest BCUT2D eigenvalue weighted by atomic mass is 10.0. The first-order chi connectivity index (χ1) is 12.9. The van der Waals surface area contributed by atoms with E-state index in [-0.39, 0.29) is 30.8 Å². The van der Waals surface area contributed by atoms with Gasteiger partial charge in [-0.3, -0.25) is 9.78 Å². The number of hydrogen-bond acceptors (Lipinski definition) is 5. The largest absolute Gasteiger partial charge is 0.341 e. The molecule has 0 radical (unpaired) electrons. The molecule has 1 aromatic carbocycles. The van der Waals surface area contributed by atoms with Crippen LogP contribution in [-0.4, -0.2) is 49.6 Å². The molecule has 1 aromatic heterocycles. The lowest BCUT2D eigenvalue weighted by Crippen LogP contribution is -2.49. The molecule has 0 aliphatic carbocycles. The Morgan fingerprint density at radius 1 is 1.25 bits per heavy atom. The molecule has 1 aliphatic rings. The topological polar surface area (TPSA) is 79.4 Å². The van der Waals surface area contributed by atoms with Crippen molar-refractivity contribution in [1.82, 2.24) is 15.2 Å². The Kier molecular flexibility index (Phi) is 7.45. The highest BCUT2D eigenvalue weighted by Crippen LogP contribution is 2.23. The Morgan fingerprint density at radius 2 is 1.96 bits per heavy atom. The maximum Gasteiger partial charge on any atom is 0.341 e. The number of sulfone groups is 1. The molecule has 1 aliphatic heterocycles. The van der Waals surface area contributed by atoms with Gasteiger partial charge in [0.1, 0.15) is 0 Å². The number of carbonyl (C=O) groups is 1. The van der Waals surface area contributed by atoms with Gasteiger partial charge in [0.15, 0.2) is 0 Å². The van der Waals surface area contributed by atoms with Crippen LogP contribution >= 0.6 is 12.4 Å². The molecule has 2 aromatic rings. The second-order valence-corrected chi connectivity index (χ2v) is 8.14. The molecule has 1 atom stereocenters. The summed E-state index contributed by atoms with van der Waals surface area (Å²) in [6.07, 6.45) is 3.45. The van der Waals surface area contributed by atoms with Crippen molar-refractivity contribution in [2.45, 2.75) is 23.1 Å². The third kappa shape index (κ3) is 4.84. The van der Waals surface area contributed by atoms with Gasteiger partial charge >= 0.3 is 5.76 Å². The van der Waals surface area contributed by atoms with Crippen molar-refractivity contribution < 1.29 is 22.0 Å². The standard InChI is InChI=1S/C18H19F2N3O3S.ClH/c19-18(20)27(25,26)15-5-3-13(4-6-15)10-17(24)23-9-8-22-12-16(23)14-2-1-7-21-11-14;/h1-7,11,16,18,22H,8-10,12H2;1H. The Labute approximate surface area is 168 Å². The van der Waals surface area contributed by atoms with Gasteiger partial charge in [-0.1, -0.05) is 18.2 Å². The van der Waals surface area contributed by atoms with Crippen LogP contribution in [0.5, 0.6) is 0 Å². The number of benzene rings is 1. The number of alkyl halides is 2. The molecule has 3 rings (SSSR count). The van der Waals surface area contributed by atoms with E-state index in [9.17, 15) is 22.0 Å². The molecular weight excluding hydrogens is 412 g/mol. The van der Waals surface area contributed by atoms with Crippen molar-refractivity contribution in [1.29, 1.82) is 0 Å². The fraction of sp³-hybridized carbons (Fsp3) is 0.333. The van der Waals surface area contributed by atoms with E-state index in [1.54, 1.807) is 17.3 Å². The van der Waals surface area contributed by atoms with Gasteiger partial charge in [-0.25, -0.2) is 8.42 Å². The monoisotopic (exact) mass is 431 g/mol. The Bertz CT molecular complexity index is 896. The molecule has 1 fully saturated rings. The normalized spacial score (nSPS) is 17.2. The van der Waals surface area contributed by atoms with Crippen LogP contribution < -0.4 is 5.32 Å². The number of halogens is 3. The minimum atomic E-state index is -4.63. The number of rotatable bonds is 5. The van der Waals surface area contributed by atoms with Crippen LogP contribution in [0.25, 0.3) is 0 Å². The zero-order valence-corrected chi connectivity index (χ0v) is 16.4. The second-order valence-electron chi connectivity index (χ2n) is 6.22. The van der Waals surface area contributed by atoms with E-state index in [1.165, 1.54) is 12.1 Å². The van der Waals surface area contributed by atoms with Crippen LogP contribution in [0.15, 0.2) is 53.7 Å². The lowest BCUT2D eigenvalue weighted by molar-refractivity contribution is -0.133. The van der Waals surface area contributed by atoms with Crippen molar-refractivity contribution in [3.05, 3.63) is 59.9 Å². The van der Waals surface area contributed by atoms with Gasteiger partial charge in [-0.05, 0) is 29.3 Å². The van der Waals surface area contributed by atoms with E-state index in [4.69, 9.17) is 0 Å². The molecule has 10 heteroatoms. The molecule has 1 saturated heterocycles. The first-order valence-electron chi connectivity index (χ1n) is 8.40. The Hall–Kier alpha value is -2.10. The van der Waals surface area contributed by atoms with Crippen molar-refractivity contribution in [2.75, 3.05) is 19.6 Å². The minimum absolute atomic E-state index is 0. The molecule has 1 amide bonds. The molecular formula is C18H20ClF2N3O3S. The highest BCUT2D eigenvalue weighted by molar-refractivity contribution is 7.91. The van der Waals surface area contributed by atoms with Crippen LogP contribution in [0.2, 0.25) is 0 Å². The van der Waals surface area contributed by atoms with Gasteiger partial charge < -0.3 is 10.2 Å². The molecule has 152 valence electrons. The van der Waals surface area contributed by atoms with Gasteiger partial charge in [0.05, 0.1) is 17.4 Å². The molecule has 0 spiro atoms. The van der Waals surface area contributed by atoms with Crippen LogP contribution in [0, 0.1) is 0 Å². The van der Waals surface area contributed by atoms with E-state index in [0.717, 1.165) is 17.7 Å². The average Bonchev–Trinajstić information content (AvgIpc) is 2.69. The fourth-order valence-electron chi connectivity index (χ4n) is 3.05. The molecule has 0 saturated carbocycles. The van der Waals surface area contributed by atoms with Gasteiger partial charge in [-0.15, -0.1) is 12.4 Å². The summed E-state index contributed by atoms with van der Waals surface area (Å²) in [6.45, 7) is 1.83. The number of amides is 1. The van der Waals surface area contributed by atoms with Gasteiger partial charge in [-0.2, -0.15) is 8.78 Å². The van der Waals surface area contributed by atoms with Crippen LogP contribution in [-0.2, 0) is 21.1 Å². The summed E-state index contributed by atoms with van der Waals surface area (Å²) in [4.78, 5) is 18.2. The number of nitrogens with zero attached hydrogens (tertiary/aromatic N) is 2. The molecule has 2 heterocycles. The second kappa shape index (κ2) is 9.40. The number of hydrogen-bond donors (Lipinski definition) is 1. The van der Waals surface area contributed by atoms with Crippen molar-refractivity contribution >= 4 is 28.2 Å². The summed E-state index contributed by atoms with van der Waals surface area (Å²) in [5, 5.41) is 3.26. The quantitative estimate of drug-likeness (QED) is 0.785. The van der Waals surface area contributed by atoms with E-state index in [2.05, 4.69) is 10.3 Å². The SMILES string of the molecule is Cl.O=C(Cc1ccc(S(=O)(=O)C(F)F)cc1)N1CCNCC1c1cccnc1. The Balaban J connectivity index is 0.00000280. The molecule has 1 N–H and O–H groups in total. The van der Waals surface area contributed by atoms with Crippen LogP contribution in [0.3, 0.4) is 0 Å². The zero-order valence-electron chi connectivity index (χ0n) is 14.8. The third-order valence-corrected chi connectivity index (χ3v) is 5.87. The predicted octanol–water partition coefficient (Wildman–Crippen LogP) is 2.22. The number of piperazine rings is 1. The highest BCUT2D eigenvalue weighted by Gasteiger charge is 2.29. The summed E-state index contributed by atoms with van der Waals surface area (Å²) in [7, 11) is -4.63. The first kappa shape index (κ1) is 22.2. The summed E-state index contributed by atoms with van der Waals surface area (Å²) in [5.41, 5.74) is 1.49.